The topological polar surface area (TPSA) is 101 Å². The minimum atomic E-state index is -0.466. The second-order valence-electron chi connectivity index (χ2n) is 9.35. The molecule has 0 unspecified atom stereocenters. The molecule has 0 radical (unpaired) electrons. The fraction of sp³-hybridized carbons (Fsp3) is 0.310. The van der Waals surface area contributed by atoms with Gasteiger partial charge in [0.25, 0.3) is 5.89 Å². The summed E-state index contributed by atoms with van der Waals surface area (Å²) in [7, 11) is 0. The predicted molar refractivity (Wildman–Crippen MR) is 149 cm³/mol. The Balaban J connectivity index is 1.01. The molecule has 2 aromatic heterocycles. The van der Waals surface area contributed by atoms with Gasteiger partial charge in [-0.1, -0.05) is 59.8 Å². The summed E-state index contributed by atoms with van der Waals surface area (Å²) in [5.74, 6) is 1.23. The van der Waals surface area contributed by atoms with E-state index in [2.05, 4.69) is 32.5 Å². The van der Waals surface area contributed by atoms with Crippen LogP contribution in [0.25, 0.3) is 22.2 Å². The lowest BCUT2D eigenvalue weighted by Gasteiger charge is -2.35. The molecule has 1 aliphatic rings. The molecule has 0 aliphatic carbocycles. The van der Waals surface area contributed by atoms with E-state index < -0.39 is 6.09 Å². The van der Waals surface area contributed by atoms with Crippen LogP contribution >= 0.6 is 11.3 Å². The van der Waals surface area contributed by atoms with E-state index in [1.165, 1.54) is 5.56 Å². The molecule has 0 saturated carbocycles. The summed E-state index contributed by atoms with van der Waals surface area (Å²) in [6, 6.07) is 21.6. The number of carbonyl (C=O) groups is 2. The van der Waals surface area contributed by atoms with Crippen LogP contribution < -0.4 is 5.32 Å². The van der Waals surface area contributed by atoms with E-state index in [1.807, 2.05) is 64.9 Å². The molecule has 0 bridgehead atoms. The molecule has 5 rings (SSSR count). The Morgan fingerprint density at radius 2 is 1.79 bits per heavy atom. The Kier molecular flexibility index (Phi) is 8.97. The van der Waals surface area contributed by atoms with Gasteiger partial charge in [-0.05, 0) is 35.1 Å². The molecule has 4 aromatic rings. The lowest BCUT2D eigenvalue weighted by Crippen LogP contribution is -2.48. The molecule has 1 saturated heterocycles. The molecule has 9 nitrogen and oxygen atoms in total. The first kappa shape index (κ1) is 26.6. The van der Waals surface area contributed by atoms with Crippen LogP contribution in [-0.2, 0) is 22.7 Å². The second kappa shape index (κ2) is 13.2. The molecule has 2 aromatic carbocycles. The molecule has 2 amide bonds. The third-order valence-electron chi connectivity index (χ3n) is 6.52. The number of thiophene rings is 1. The van der Waals surface area contributed by atoms with Crippen LogP contribution in [0.4, 0.5) is 4.79 Å². The number of nitrogens with one attached hydrogen (secondary N) is 1. The largest absolute Gasteiger partial charge is 0.445 e. The first-order chi connectivity index (χ1) is 19.1. The number of piperazine rings is 1. The summed E-state index contributed by atoms with van der Waals surface area (Å²) in [5, 5.41) is 8.85. The molecule has 0 spiro atoms. The summed E-state index contributed by atoms with van der Waals surface area (Å²) in [4.78, 5) is 34.3. The smallest absolute Gasteiger partial charge is 0.407 e. The van der Waals surface area contributed by atoms with Gasteiger partial charge in [-0.25, -0.2) is 4.79 Å². The summed E-state index contributed by atoms with van der Waals surface area (Å²) in [6.07, 6.45) is 0.515. The number of carbonyl (C=O) groups excluding carboxylic acids is 2. The molecule has 3 heterocycles. The van der Waals surface area contributed by atoms with Crippen LogP contribution in [0.5, 0.6) is 0 Å². The van der Waals surface area contributed by atoms with E-state index in [0.717, 1.165) is 35.6 Å². The van der Waals surface area contributed by atoms with Gasteiger partial charge >= 0.3 is 6.09 Å². The Bertz CT molecular complexity index is 1350. The van der Waals surface area contributed by atoms with Crippen LogP contribution in [0.3, 0.4) is 0 Å². The van der Waals surface area contributed by atoms with Crippen molar-refractivity contribution in [1.82, 2.24) is 25.3 Å². The van der Waals surface area contributed by atoms with Crippen LogP contribution in [-0.4, -0.2) is 64.7 Å². The maximum atomic E-state index is 12.6. The number of benzene rings is 2. The molecule has 39 heavy (non-hydrogen) atoms. The maximum absolute atomic E-state index is 12.6. The minimum absolute atomic E-state index is 0.120. The molecule has 1 aliphatic heterocycles. The number of ether oxygens (including phenoxy) is 1. The third kappa shape index (κ3) is 7.52. The van der Waals surface area contributed by atoms with Crippen molar-refractivity contribution in [2.24, 2.45) is 0 Å². The SMILES string of the molecule is O=C(NCCCC(=O)N1CCN(Cc2cccc(-c3noc(-c4cccs4)n3)c2)CC1)OCc1ccccc1. The maximum Gasteiger partial charge on any atom is 0.407 e. The molecule has 1 fully saturated rings. The zero-order valence-electron chi connectivity index (χ0n) is 21.6. The van der Waals surface area contributed by atoms with Crippen molar-refractivity contribution in [3.63, 3.8) is 0 Å². The quantitative estimate of drug-likeness (QED) is 0.285. The van der Waals surface area contributed by atoms with E-state index in [-0.39, 0.29) is 12.5 Å². The normalized spacial score (nSPS) is 13.8. The van der Waals surface area contributed by atoms with Crippen LogP contribution in [0.1, 0.15) is 24.0 Å². The van der Waals surface area contributed by atoms with E-state index >= 15 is 0 Å². The Morgan fingerprint density at radius 3 is 2.59 bits per heavy atom. The van der Waals surface area contributed by atoms with Gasteiger partial charge < -0.3 is 19.5 Å². The van der Waals surface area contributed by atoms with E-state index in [1.54, 1.807) is 11.3 Å². The average Bonchev–Trinajstić information content (AvgIpc) is 3.68. The van der Waals surface area contributed by atoms with Crippen molar-refractivity contribution >= 4 is 23.3 Å². The fourth-order valence-corrected chi connectivity index (χ4v) is 5.07. The Labute approximate surface area is 231 Å². The van der Waals surface area contributed by atoms with Gasteiger partial charge in [0.15, 0.2) is 0 Å². The fourth-order valence-electron chi connectivity index (χ4n) is 4.43. The van der Waals surface area contributed by atoms with Gasteiger partial charge in [-0.2, -0.15) is 4.98 Å². The van der Waals surface area contributed by atoms with Crippen molar-refractivity contribution in [2.45, 2.75) is 26.0 Å². The van der Waals surface area contributed by atoms with Gasteiger partial charge in [0.05, 0.1) is 4.88 Å². The molecule has 10 heteroatoms. The van der Waals surface area contributed by atoms with Gasteiger partial charge in [-0.3, -0.25) is 9.69 Å². The van der Waals surface area contributed by atoms with Gasteiger partial charge in [0.1, 0.15) is 6.61 Å². The average molecular weight is 546 g/mol. The zero-order valence-corrected chi connectivity index (χ0v) is 22.4. The highest BCUT2D eigenvalue weighted by molar-refractivity contribution is 7.13. The summed E-state index contributed by atoms with van der Waals surface area (Å²) in [5.41, 5.74) is 3.02. The van der Waals surface area contributed by atoms with Gasteiger partial charge in [0, 0.05) is 51.3 Å². The second-order valence-corrected chi connectivity index (χ2v) is 10.3. The van der Waals surface area contributed by atoms with E-state index in [4.69, 9.17) is 9.26 Å². The standard InChI is InChI=1S/C29H31N5O4S/c35-26(12-5-13-30-29(36)37-21-22-7-2-1-3-8-22)34-16-14-33(15-17-34)20-23-9-4-10-24(19-23)27-31-28(38-32-27)25-11-6-18-39-25/h1-4,6-11,18-19H,5,12-17,20-21H2,(H,30,36). The van der Waals surface area contributed by atoms with Gasteiger partial charge in [0.2, 0.25) is 11.7 Å². The van der Waals surface area contributed by atoms with Crippen molar-refractivity contribution in [1.29, 1.82) is 0 Å². The lowest BCUT2D eigenvalue weighted by atomic mass is 10.1. The van der Waals surface area contributed by atoms with Crippen molar-refractivity contribution in [2.75, 3.05) is 32.7 Å². The molecule has 202 valence electrons. The summed E-state index contributed by atoms with van der Waals surface area (Å²) in [6.45, 7) is 4.44. The molecular weight excluding hydrogens is 514 g/mol. The van der Waals surface area contributed by atoms with Crippen LogP contribution in [0, 0.1) is 0 Å². The lowest BCUT2D eigenvalue weighted by molar-refractivity contribution is -0.133. The molecule has 0 atom stereocenters. The van der Waals surface area contributed by atoms with Crippen LogP contribution in [0.15, 0.2) is 76.6 Å². The Morgan fingerprint density at radius 1 is 0.974 bits per heavy atom. The van der Waals surface area contributed by atoms with E-state index in [9.17, 15) is 9.59 Å². The number of alkyl carbamates (subject to hydrolysis) is 1. The van der Waals surface area contributed by atoms with Gasteiger partial charge in [-0.15, -0.1) is 11.3 Å². The zero-order chi connectivity index (χ0) is 26.9. The first-order valence-electron chi connectivity index (χ1n) is 13.1. The Hall–Kier alpha value is -4.02. The van der Waals surface area contributed by atoms with Crippen LogP contribution in [0.2, 0.25) is 0 Å². The van der Waals surface area contributed by atoms with Crippen molar-refractivity contribution in [3.8, 4) is 22.2 Å². The monoisotopic (exact) mass is 545 g/mol. The van der Waals surface area contributed by atoms with E-state index in [0.29, 0.717) is 44.2 Å². The number of amides is 2. The molecular formula is C29H31N5O4S. The molecule has 1 N–H and O–H groups in total. The number of hydrogen-bond acceptors (Lipinski definition) is 8. The highest BCUT2D eigenvalue weighted by Crippen LogP contribution is 2.26. The predicted octanol–water partition coefficient (Wildman–Crippen LogP) is 4.82. The first-order valence-corrected chi connectivity index (χ1v) is 13.9. The summed E-state index contributed by atoms with van der Waals surface area (Å²) < 4.78 is 10.6. The number of nitrogens with zero attached hydrogens (tertiary/aromatic N) is 4. The third-order valence-corrected chi connectivity index (χ3v) is 7.38. The number of aromatic nitrogens is 2. The number of hydrogen-bond donors (Lipinski definition) is 1. The van der Waals surface area contributed by atoms with Crippen molar-refractivity contribution < 1.29 is 18.8 Å². The minimum Gasteiger partial charge on any atom is -0.445 e. The highest BCUT2D eigenvalue weighted by atomic mass is 32.1. The number of rotatable bonds is 10. The van der Waals surface area contributed by atoms with Crippen molar-refractivity contribution in [3.05, 3.63) is 83.2 Å². The highest BCUT2D eigenvalue weighted by Gasteiger charge is 2.21. The summed E-state index contributed by atoms with van der Waals surface area (Å²) >= 11 is 1.57.